The zero-order chi connectivity index (χ0) is 25.4. The Morgan fingerprint density at radius 3 is 2.37 bits per heavy atom. The summed E-state index contributed by atoms with van der Waals surface area (Å²) in [7, 11) is -2.50. The number of hydrogen-bond acceptors (Lipinski definition) is 7. The Kier molecular flexibility index (Phi) is 8.39. The number of nitrogens with zero attached hydrogens (tertiary/aromatic N) is 1. The lowest BCUT2D eigenvalue weighted by Crippen LogP contribution is -2.41. The Hall–Kier alpha value is -3.96. The van der Waals surface area contributed by atoms with Crippen LogP contribution in [0.25, 0.3) is 0 Å². The molecule has 0 bridgehead atoms. The van der Waals surface area contributed by atoms with E-state index >= 15 is 0 Å². The van der Waals surface area contributed by atoms with E-state index in [1.165, 1.54) is 37.3 Å². The molecule has 184 valence electrons. The minimum Gasteiger partial charge on any atom is -0.467 e. The SMILES string of the molecule is C[C@H](NS(=O)(=O)c1ccccc1)C(=O)OCC(=O)N(C)c1ccccc1C(=O)NCc1ccco1. The summed E-state index contributed by atoms with van der Waals surface area (Å²) < 4.78 is 37.2. The van der Waals surface area contributed by atoms with Crippen LogP contribution in [0.1, 0.15) is 23.0 Å². The van der Waals surface area contributed by atoms with Crippen molar-refractivity contribution >= 4 is 33.5 Å². The van der Waals surface area contributed by atoms with E-state index in [1.807, 2.05) is 0 Å². The molecule has 1 atom stereocenters. The van der Waals surface area contributed by atoms with Crippen molar-refractivity contribution in [2.24, 2.45) is 0 Å². The summed E-state index contributed by atoms with van der Waals surface area (Å²) in [6.07, 6.45) is 1.50. The molecule has 1 heterocycles. The Bertz CT molecular complexity index is 1280. The molecule has 35 heavy (non-hydrogen) atoms. The van der Waals surface area contributed by atoms with E-state index in [2.05, 4.69) is 10.0 Å². The summed E-state index contributed by atoms with van der Waals surface area (Å²) in [5.74, 6) is -1.37. The van der Waals surface area contributed by atoms with E-state index in [9.17, 15) is 22.8 Å². The first-order valence-corrected chi connectivity index (χ1v) is 12.1. The number of amides is 2. The monoisotopic (exact) mass is 499 g/mol. The number of anilines is 1. The van der Waals surface area contributed by atoms with Crippen molar-refractivity contribution in [2.45, 2.75) is 24.4 Å². The van der Waals surface area contributed by atoms with Gasteiger partial charge in [0, 0.05) is 7.05 Å². The number of nitrogens with one attached hydrogen (secondary N) is 2. The van der Waals surface area contributed by atoms with Crippen LogP contribution in [0.5, 0.6) is 0 Å². The predicted octanol–water partition coefficient (Wildman–Crippen LogP) is 2.08. The second kappa shape index (κ2) is 11.4. The smallest absolute Gasteiger partial charge is 0.324 e. The van der Waals surface area contributed by atoms with Gasteiger partial charge in [0.1, 0.15) is 11.8 Å². The van der Waals surface area contributed by atoms with E-state index in [0.29, 0.717) is 11.4 Å². The first-order valence-electron chi connectivity index (χ1n) is 10.6. The van der Waals surface area contributed by atoms with E-state index in [4.69, 9.17) is 9.15 Å². The lowest BCUT2D eigenvalue weighted by Gasteiger charge is -2.21. The lowest BCUT2D eigenvalue weighted by atomic mass is 10.1. The molecule has 0 radical (unpaired) electrons. The number of likely N-dealkylation sites (N-methyl/N-ethyl adjacent to an activating group) is 1. The normalized spacial score (nSPS) is 11.9. The maximum atomic E-state index is 12.7. The van der Waals surface area contributed by atoms with E-state index in [-0.39, 0.29) is 17.0 Å². The standard InChI is InChI=1S/C24H25N3O7S/c1-17(26-35(31,32)19-10-4-3-5-11-19)24(30)34-16-22(28)27(2)21-13-7-6-12-20(21)23(29)25-15-18-9-8-14-33-18/h3-14,17,26H,15-16H2,1-2H3,(H,25,29)/t17-/m0/s1. The van der Waals surface area contributed by atoms with Crippen LogP contribution < -0.4 is 14.9 Å². The molecular weight excluding hydrogens is 474 g/mol. The third-order valence-electron chi connectivity index (χ3n) is 4.96. The van der Waals surface area contributed by atoms with Crippen molar-refractivity contribution in [2.75, 3.05) is 18.6 Å². The maximum absolute atomic E-state index is 12.7. The van der Waals surface area contributed by atoms with E-state index in [0.717, 1.165) is 0 Å². The predicted molar refractivity (Wildman–Crippen MR) is 127 cm³/mol. The van der Waals surface area contributed by atoms with Crippen molar-refractivity contribution in [3.63, 3.8) is 0 Å². The van der Waals surface area contributed by atoms with Crippen molar-refractivity contribution in [3.8, 4) is 0 Å². The largest absolute Gasteiger partial charge is 0.467 e. The van der Waals surface area contributed by atoms with Crippen LogP contribution in [-0.2, 0) is 30.9 Å². The van der Waals surface area contributed by atoms with Gasteiger partial charge in [-0.15, -0.1) is 0 Å². The molecule has 0 aliphatic carbocycles. The minimum atomic E-state index is -3.94. The quantitative estimate of drug-likeness (QED) is 0.408. The molecule has 0 aliphatic rings. The van der Waals surface area contributed by atoms with Gasteiger partial charge >= 0.3 is 5.97 Å². The minimum absolute atomic E-state index is 0.00242. The van der Waals surface area contributed by atoms with Crippen LogP contribution in [0.2, 0.25) is 0 Å². The van der Waals surface area contributed by atoms with Gasteiger partial charge in [0.25, 0.3) is 11.8 Å². The molecule has 3 aromatic rings. The second-order valence-corrected chi connectivity index (χ2v) is 9.21. The summed E-state index contributed by atoms with van der Waals surface area (Å²) in [5.41, 5.74) is 0.550. The van der Waals surface area contributed by atoms with Crippen molar-refractivity contribution in [1.82, 2.24) is 10.0 Å². The van der Waals surface area contributed by atoms with Gasteiger partial charge in [-0.25, -0.2) is 8.42 Å². The highest BCUT2D eigenvalue weighted by Crippen LogP contribution is 2.20. The molecule has 2 amide bonds. The number of rotatable bonds is 10. The van der Waals surface area contributed by atoms with Crippen LogP contribution in [0.15, 0.2) is 82.3 Å². The molecular formula is C24H25N3O7S. The molecule has 0 fully saturated rings. The fourth-order valence-electron chi connectivity index (χ4n) is 3.07. The third kappa shape index (κ3) is 6.78. The molecule has 0 aliphatic heterocycles. The summed E-state index contributed by atoms with van der Waals surface area (Å²) in [6, 6.07) is 16.2. The molecule has 10 nitrogen and oxygen atoms in total. The van der Waals surface area contributed by atoms with Gasteiger partial charge in [0.2, 0.25) is 10.0 Å². The molecule has 1 aromatic heterocycles. The number of ether oxygens (including phenoxy) is 1. The van der Waals surface area contributed by atoms with Gasteiger partial charge in [-0.05, 0) is 43.3 Å². The zero-order valence-corrected chi connectivity index (χ0v) is 19.9. The number of sulfonamides is 1. The van der Waals surface area contributed by atoms with Crippen molar-refractivity contribution in [3.05, 3.63) is 84.3 Å². The van der Waals surface area contributed by atoms with Gasteiger partial charge in [-0.1, -0.05) is 30.3 Å². The van der Waals surface area contributed by atoms with Crippen molar-refractivity contribution in [1.29, 1.82) is 0 Å². The van der Waals surface area contributed by atoms with Crippen LogP contribution >= 0.6 is 0 Å². The highest BCUT2D eigenvalue weighted by molar-refractivity contribution is 7.89. The van der Waals surface area contributed by atoms with Gasteiger partial charge in [0.15, 0.2) is 6.61 Å². The summed E-state index contributed by atoms with van der Waals surface area (Å²) in [4.78, 5) is 38.8. The number of carbonyl (C=O) groups excluding carboxylic acids is 3. The van der Waals surface area contributed by atoms with E-state index < -0.39 is 40.5 Å². The van der Waals surface area contributed by atoms with Crippen LogP contribution in [0, 0.1) is 0 Å². The second-order valence-electron chi connectivity index (χ2n) is 7.50. The Balaban J connectivity index is 1.58. The summed E-state index contributed by atoms with van der Waals surface area (Å²) in [6.45, 7) is 0.844. The number of esters is 1. The van der Waals surface area contributed by atoms with Crippen molar-refractivity contribution < 1.29 is 32.0 Å². The number of carbonyl (C=O) groups is 3. The molecule has 2 aromatic carbocycles. The highest BCUT2D eigenvalue weighted by Gasteiger charge is 2.25. The van der Waals surface area contributed by atoms with E-state index in [1.54, 1.807) is 54.6 Å². The average Bonchev–Trinajstić information content (AvgIpc) is 3.39. The lowest BCUT2D eigenvalue weighted by molar-refractivity contribution is -0.149. The topological polar surface area (TPSA) is 135 Å². The first-order chi connectivity index (χ1) is 16.7. The molecule has 0 saturated carbocycles. The fourth-order valence-corrected chi connectivity index (χ4v) is 4.28. The van der Waals surface area contributed by atoms with Gasteiger partial charge < -0.3 is 19.4 Å². The number of para-hydroxylation sites is 1. The number of benzene rings is 2. The summed E-state index contributed by atoms with van der Waals surface area (Å²) in [5, 5.41) is 2.71. The molecule has 3 rings (SSSR count). The first kappa shape index (κ1) is 25.7. The zero-order valence-electron chi connectivity index (χ0n) is 19.1. The molecule has 0 spiro atoms. The molecule has 0 saturated heterocycles. The van der Waals surface area contributed by atoms with Crippen LogP contribution in [0.3, 0.4) is 0 Å². The van der Waals surface area contributed by atoms with Gasteiger partial charge in [-0.2, -0.15) is 4.72 Å². The van der Waals surface area contributed by atoms with Crippen LogP contribution in [-0.4, -0.2) is 45.9 Å². The van der Waals surface area contributed by atoms with Gasteiger partial charge in [0.05, 0.1) is 29.0 Å². The Morgan fingerprint density at radius 1 is 1.00 bits per heavy atom. The Morgan fingerprint density at radius 2 is 1.69 bits per heavy atom. The average molecular weight is 500 g/mol. The van der Waals surface area contributed by atoms with Gasteiger partial charge in [-0.3, -0.25) is 14.4 Å². The van der Waals surface area contributed by atoms with Crippen LogP contribution in [0.4, 0.5) is 5.69 Å². The Labute approximate surface area is 202 Å². The molecule has 11 heteroatoms. The third-order valence-corrected chi connectivity index (χ3v) is 6.52. The number of furan rings is 1. The summed E-state index contributed by atoms with van der Waals surface area (Å²) >= 11 is 0. The highest BCUT2D eigenvalue weighted by atomic mass is 32.2. The number of hydrogen-bond donors (Lipinski definition) is 2. The molecule has 0 unspecified atom stereocenters. The maximum Gasteiger partial charge on any atom is 0.324 e. The fraction of sp³-hybridized carbons (Fsp3) is 0.208. The molecule has 2 N–H and O–H groups in total.